The van der Waals surface area contributed by atoms with Gasteiger partial charge in [-0.15, -0.1) is 0 Å². The molecule has 1 aromatic rings. The molecule has 1 heterocycles. The van der Waals surface area contributed by atoms with Gasteiger partial charge in [0.25, 0.3) is 0 Å². The van der Waals surface area contributed by atoms with Gasteiger partial charge in [0.1, 0.15) is 0 Å². The maximum atomic E-state index is 11.6. The molecular weight excluding hydrogens is 236 g/mol. The summed E-state index contributed by atoms with van der Waals surface area (Å²) >= 11 is 0. The van der Waals surface area contributed by atoms with E-state index in [1.165, 1.54) is 0 Å². The SMILES string of the molecule is CC(CCCC(=O)O)NC(=O)Nc1cnn(C)c1. The van der Waals surface area contributed by atoms with Crippen molar-refractivity contribution in [2.75, 3.05) is 5.32 Å². The minimum atomic E-state index is -0.818. The monoisotopic (exact) mass is 254 g/mol. The summed E-state index contributed by atoms with van der Waals surface area (Å²) < 4.78 is 1.59. The molecule has 0 saturated carbocycles. The van der Waals surface area contributed by atoms with Crippen LogP contribution in [-0.2, 0) is 11.8 Å². The summed E-state index contributed by atoms with van der Waals surface area (Å²) in [7, 11) is 1.76. The smallest absolute Gasteiger partial charge is 0.319 e. The van der Waals surface area contributed by atoms with E-state index in [9.17, 15) is 9.59 Å². The summed E-state index contributed by atoms with van der Waals surface area (Å²) in [6, 6.07) is -0.383. The van der Waals surface area contributed by atoms with Crippen LogP contribution in [0.5, 0.6) is 0 Å². The molecule has 0 bridgehead atoms. The van der Waals surface area contributed by atoms with Crippen molar-refractivity contribution < 1.29 is 14.7 Å². The van der Waals surface area contributed by atoms with Crippen molar-refractivity contribution in [2.24, 2.45) is 7.05 Å². The van der Waals surface area contributed by atoms with Crippen molar-refractivity contribution in [1.82, 2.24) is 15.1 Å². The molecule has 0 spiro atoms. The number of anilines is 1. The van der Waals surface area contributed by atoms with Gasteiger partial charge >= 0.3 is 12.0 Å². The number of urea groups is 1. The molecule has 1 atom stereocenters. The Labute approximate surface area is 105 Å². The van der Waals surface area contributed by atoms with Crippen LogP contribution in [0.1, 0.15) is 26.2 Å². The average molecular weight is 254 g/mol. The number of hydrogen-bond donors (Lipinski definition) is 3. The lowest BCUT2D eigenvalue weighted by molar-refractivity contribution is -0.137. The number of carbonyl (C=O) groups is 2. The first-order chi connectivity index (χ1) is 8.47. The highest BCUT2D eigenvalue weighted by Gasteiger charge is 2.08. The number of carboxylic acid groups (broad SMARTS) is 1. The largest absolute Gasteiger partial charge is 0.481 e. The van der Waals surface area contributed by atoms with Crippen LogP contribution in [0.2, 0.25) is 0 Å². The van der Waals surface area contributed by atoms with Gasteiger partial charge in [0.2, 0.25) is 0 Å². The number of aryl methyl sites for hydroxylation is 1. The Hall–Kier alpha value is -2.05. The Morgan fingerprint density at radius 1 is 1.56 bits per heavy atom. The van der Waals surface area contributed by atoms with Crippen molar-refractivity contribution in [3.63, 3.8) is 0 Å². The predicted molar refractivity (Wildman–Crippen MR) is 66.3 cm³/mol. The highest BCUT2D eigenvalue weighted by molar-refractivity contribution is 5.89. The Morgan fingerprint density at radius 2 is 2.28 bits per heavy atom. The van der Waals surface area contributed by atoms with E-state index in [1.807, 2.05) is 6.92 Å². The zero-order valence-corrected chi connectivity index (χ0v) is 10.5. The second kappa shape index (κ2) is 6.63. The minimum Gasteiger partial charge on any atom is -0.481 e. The third kappa shape index (κ3) is 5.33. The van der Waals surface area contributed by atoms with Crippen molar-refractivity contribution in [3.05, 3.63) is 12.4 Å². The van der Waals surface area contributed by atoms with Gasteiger partial charge in [-0.3, -0.25) is 9.48 Å². The second-order valence-corrected chi connectivity index (χ2v) is 4.19. The molecule has 0 aromatic carbocycles. The first-order valence-electron chi connectivity index (χ1n) is 5.75. The number of hydrogen-bond acceptors (Lipinski definition) is 3. The van der Waals surface area contributed by atoms with Gasteiger partial charge in [0.15, 0.2) is 0 Å². The van der Waals surface area contributed by atoms with E-state index in [0.717, 1.165) is 0 Å². The van der Waals surface area contributed by atoms with Crippen molar-refractivity contribution in [2.45, 2.75) is 32.2 Å². The van der Waals surface area contributed by atoms with Gasteiger partial charge in [-0.2, -0.15) is 5.10 Å². The third-order valence-electron chi connectivity index (χ3n) is 2.37. The predicted octanol–water partition coefficient (Wildman–Crippen LogP) is 1.18. The summed E-state index contributed by atoms with van der Waals surface area (Å²) in [5.74, 6) is -0.818. The molecule has 100 valence electrons. The van der Waals surface area contributed by atoms with E-state index in [0.29, 0.717) is 18.5 Å². The van der Waals surface area contributed by atoms with Crippen LogP contribution in [0, 0.1) is 0 Å². The number of carbonyl (C=O) groups excluding carboxylic acids is 1. The molecule has 2 amide bonds. The zero-order chi connectivity index (χ0) is 13.5. The molecule has 0 aliphatic rings. The topological polar surface area (TPSA) is 96.2 Å². The average Bonchev–Trinajstić information content (AvgIpc) is 2.62. The molecule has 0 radical (unpaired) electrons. The summed E-state index contributed by atoms with van der Waals surface area (Å²) in [4.78, 5) is 21.9. The van der Waals surface area contributed by atoms with Crippen LogP contribution < -0.4 is 10.6 Å². The molecule has 0 aliphatic carbocycles. The fraction of sp³-hybridized carbons (Fsp3) is 0.545. The maximum absolute atomic E-state index is 11.6. The minimum absolute atomic E-state index is 0.0685. The summed E-state index contributed by atoms with van der Waals surface area (Å²) in [5.41, 5.74) is 0.618. The first kappa shape index (κ1) is 14.0. The molecule has 7 heteroatoms. The van der Waals surface area contributed by atoms with Gasteiger partial charge < -0.3 is 15.7 Å². The Balaban J connectivity index is 2.25. The van der Waals surface area contributed by atoms with E-state index < -0.39 is 5.97 Å². The fourth-order valence-electron chi connectivity index (χ4n) is 1.51. The molecule has 0 saturated heterocycles. The highest BCUT2D eigenvalue weighted by Crippen LogP contribution is 2.04. The summed E-state index contributed by atoms with van der Waals surface area (Å²) in [6.07, 6.45) is 4.54. The molecule has 18 heavy (non-hydrogen) atoms. The molecule has 7 nitrogen and oxygen atoms in total. The Morgan fingerprint density at radius 3 is 2.83 bits per heavy atom. The van der Waals surface area contributed by atoms with Gasteiger partial charge in [0, 0.05) is 25.7 Å². The normalized spacial score (nSPS) is 11.9. The Kier molecular flexibility index (Phi) is 5.16. The molecule has 1 aromatic heterocycles. The van der Waals surface area contributed by atoms with E-state index in [-0.39, 0.29) is 18.5 Å². The van der Waals surface area contributed by atoms with Crippen LogP contribution in [0.25, 0.3) is 0 Å². The quantitative estimate of drug-likeness (QED) is 0.710. The first-order valence-corrected chi connectivity index (χ1v) is 5.75. The third-order valence-corrected chi connectivity index (χ3v) is 2.37. The lowest BCUT2D eigenvalue weighted by atomic mass is 10.1. The number of carboxylic acids is 1. The number of rotatable bonds is 6. The number of nitrogens with one attached hydrogen (secondary N) is 2. The van der Waals surface area contributed by atoms with Crippen molar-refractivity contribution >= 4 is 17.7 Å². The van der Waals surface area contributed by atoms with Gasteiger partial charge in [-0.1, -0.05) is 0 Å². The molecule has 0 aliphatic heterocycles. The number of amides is 2. The van der Waals surface area contributed by atoms with Gasteiger partial charge in [-0.05, 0) is 19.8 Å². The van der Waals surface area contributed by atoms with E-state index in [1.54, 1.807) is 24.1 Å². The molecule has 3 N–H and O–H groups in total. The summed E-state index contributed by atoms with van der Waals surface area (Å²) in [6.45, 7) is 1.84. The van der Waals surface area contributed by atoms with Crippen LogP contribution in [0.3, 0.4) is 0 Å². The standard InChI is InChI=1S/C11H18N4O3/c1-8(4-3-5-10(16)17)13-11(18)14-9-6-12-15(2)7-9/h6-8H,3-5H2,1-2H3,(H,16,17)(H2,13,14,18). The molecule has 0 fully saturated rings. The zero-order valence-electron chi connectivity index (χ0n) is 10.5. The number of nitrogens with zero attached hydrogens (tertiary/aromatic N) is 2. The van der Waals surface area contributed by atoms with Crippen LogP contribution >= 0.6 is 0 Å². The van der Waals surface area contributed by atoms with Gasteiger partial charge in [-0.25, -0.2) is 4.79 Å². The number of aromatic nitrogens is 2. The lowest BCUT2D eigenvalue weighted by Crippen LogP contribution is -2.36. The molecular formula is C11H18N4O3. The maximum Gasteiger partial charge on any atom is 0.319 e. The number of aliphatic carboxylic acids is 1. The molecule has 1 rings (SSSR count). The second-order valence-electron chi connectivity index (χ2n) is 4.19. The van der Waals surface area contributed by atoms with Crippen LogP contribution in [0.15, 0.2) is 12.4 Å². The highest BCUT2D eigenvalue weighted by atomic mass is 16.4. The van der Waals surface area contributed by atoms with Crippen molar-refractivity contribution in [1.29, 1.82) is 0 Å². The summed E-state index contributed by atoms with van der Waals surface area (Å²) in [5, 5.41) is 17.8. The lowest BCUT2D eigenvalue weighted by Gasteiger charge is -2.13. The fourth-order valence-corrected chi connectivity index (χ4v) is 1.51. The van der Waals surface area contributed by atoms with Crippen molar-refractivity contribution in [3.8, 4) is 0 Å². The van der Waals surface area contributed by atoms with Gasteiger partial charge in [0.05, 0.1) is 11.9 Å². The molecule has 1 unspecified atom stereocenters. The van der Waals surface area contributed by atoms with Crippen LogP contribution in [0.4, 0.5) is 10.5 Å². The van der Waals surface area contributed by atoms with E-state index >= 15 is 0 Å². The Bertz CT molecular complexity index is 416. The van der Waals surface area contributed by atoms with E-state index in [4.69, 9.17) is 5.11 Å². The van der Waals surface area contributed by atoms with Crippen LogP contribution in [-0.4, -0.2) is 32.9 Å². The van der Waals surface area contributed by atoms with E-state index in [2.05, 4.69) is 15.7 Å².